The lowest BCUT2D eigenvalue weighted by Crippen LogP contribution is -2.18. The van der Waals surface area contributed by atoms with E-state index in [1.807, 2.05) is 32.0 Å². The highest BCUT2D eigenvalue weighted by Crippen LogP contribution is 2.19. The van der Waals surface area contributed by atoms with Gasteiger partial charge in [-0.2, -0.15) is 0 Å². The Hall–Kier alpha value is -3.42. The van der Waals surface area contributed by atoms with Crippen LogP contribution in [0.25, 0.3) is 0 Å². The van der Waals surface area contributed by atoms with Gasteiger partial charge in [0.05, 0.1) is 4.92 Å². The van der Waals surface area contributed by atoms with Crippen molar-refractivity contribution >= 4 is 17.5 Å². The fourth-order valence-electron chi connectivity index (χ4n) is 1.96. The van der Waals surface area contributed by atoms with Crippen molar-refractivity contribution in [1.82, 2.24) is 0 Å². The summed E-state index contributed by atoms with van der Waals surface area (Å²) in [4.78, 5) is 26.6. The van der Waals surface area contributed by atoms with E-state index in [4.69, 9.17) is 10.5 Å². The number of carbonyl (C=O) groups is 1. The first-order chi connectivity index (χ1) is 11.9. The monoisotopic (exact) mass is 343 g/mol. The minimum Gasteiger partial charge on any atom is -0.482 e. The van der Waals surface area contributed by atoms with Gasteiger partial charge in [0, 0.05) is 17.7 Å². The van der Waals surface area contributed by atoms with Crippen molar-refractivity contribution in [3.8, 4) is 5.75 Å². The molecule has 8 heteroatoms. The van der Waals surface area contributed by atoms with E-state index < -0.39 is 10.9 Å². The number of rotatable bonds is 6. The summed E-state index contributed by atoms with van der Waals surface area (Å²) in [6.07, 6.45) is 0. The molecule has 0 heterocycles. The number of hydrogen-bond donors (Lipinski definition) is 1. The summed E-state index contributed by atoms with van der Waals surface area (Å²) in [7, 11) is 0. The Morgan fingerprint density at radius 2 is 2.00 bits per heavy atom. The third-order valence-electron chi connectivity index (χ3n) is 3.29. The number of nitrogens with two attached hydrogens (primary N) is 1. The summed E-state index contributed by atoms with van der Waals surface area (Å²) >= 11 is 0. The molecule has 0 radical (unpaired) electrons. The van der Waals surface area contributed by atoms with Gasteiger partial charge in [-0.1, -0.05) is 29.4 Å². The van der Waals surface area contributed by atoms with Crippen LogP contribution in [-0.4, -0.2) is 23.3 Å². The van der Waals surface area contributed by atoms with Crippen LogP contribution in [0.1, 0.15) is 16.7 Å². The van der Waals surface area contributed by atoms with Crippen LogP contribution in [0.3, 0.4) is 0 Å². The fraction of sp³-hybridized carbons (Fsp3) is 0.176. The van der Waals surface area contributed by atoms with Crippen molar-refractivity contribution in [2.75, 3.05) is 6.61 Å². The van der Waals surface area contributed by atoms with Gasteiger partial charge in [0.1, 0.15) is 5.75 Å². The Morgan fingerprint density at radius 1 is 1.24 bits per heavy atom. The van der Waals surface area contributed by atoms with Crippen LogP contribution in [0.2, 0.25) is 0 Å². The summed E-state index contributed by atoms with van der Waals surface area (Å²) in [6, 6.07) is 11.2. The maximum absolute atomic E-state index is 11.7. The van der Waals surface area contributed by atoms with E-state index in [9.17, 15) is 14.9 Å². The third kappa shape index (κ3) is 5.03. The Balaban J connectivity index is 1.96. The van der Waals surface area contributed by atoms with Gasteiger partial charge in [-0.05, 0) is 31.0 Å². The highest BCUT2D eigenvalue weighted by atomic mass is 16.7. The zero-order chi connectivity index (χ0) is 18.4. The lowest BCUT2D eigenvalue weighted by Gasteiger charge is -2.08. The third-order valence-corrected chi connectivity index (χ3v) is 3.29. The number of nitro groups is 1. The first-order valence-corrected chi connectivity index (χ1v) is 7.35. The van der Waals surface area contributed by atoms with Gasteiger partial charge >= 0.3 is 5.97 Å². The molecule has 0 aliphatic rings. The number of hydrogen-bond acceptors (Lipinski definition) is 6. The molecule has 0 saturated heterocycles. The Kier molecular flexibility index (Phi) is 5.67. The molecule has 0 bridgehead atoms. The normalized spacial score (nSPS) is 11.0. The molecule has 2 rings (SSSR count). The highest BCUT2D eigenvalue weighted by molar-refractivity contribution is 5.97. The zero-order valence-corrected chi connectivity index (χ0v) is 13.8. The van der Waals surface area contributed by atoms with Crippen molar-refractivity contribution in [2.45, 2.75) is 13.8 Å². The number of carbonyl (C=O) groups excluding carboxylic acids is 1. The fourth-order valence-corrected chi connectivity index (χ4v) is 1.96. The van der Waals surface area contributed by atoms with E-state index in [1.165, 1.54) is 24.3 Å². The van der Waals surface area contributed by atoms with Crippen LogP contribution in [0.5, 0.6) is 5.75 Å². The minimum atomic E-state index is -0.741. The number of aryl methyl sites for hydroxylation is 2. The molecule has 2 aromatic carbocycles. The van der Waals surface area contributed by atoms with Gasteiger partial charge in [0.15, 0.2) is 12.4 Å². The molecule has 8 nitrogen and oxygen atoms in total. The Bertz CT molecular complexity index is 833. The molecule has 0 atom stereocenters. The SMILES string of the molecule is Cc1ccc(C)c(OCC(=O)O/N=C(\N)c2cccc([N+](=O)[O-])c2)c1. The number of non-ortho nitro benzene ring substituents is 1. The molecule has 0 unspecified atom stereocenters. The molecular weight excluding hydrogens is 326 g/mol. The van der Waals surface area contributed by atoms with Crippen LogP contribution in [-0.2, 0) is 9.63 Å². The number of benzene rings is 2. The van der Waals surface area contributed by atoms with E-state index in [2.05, 4.69) is 9.99 Å². The van der Waals surface area contributed by atoms with Crippen molar-refractivity contribution in [3.63, 3.8) is 0 Å². The van der Waals surface area contributed by atoms with Crippen LogP contribution in [0.15, 0.2) is 47.6 Å². The van der Waals surface area contributed by atoms with E-state index in [0.29, 0.717) is 5.75 Å². The number of nitrogens with zero attached hydrogens (tertiary/aromatic N) is 2. The highest BCUT2D eigenvalue weighted by Gasteiger charge is 2.10. The summed E-state index contributed by atoms with van der Waals surface area (Å²) < 4.78 is 5.39. The zero-order valence-electron chi connectivity index (χ0n) is 13.8. The van der Waals surface area contributed by atoms with E-state index >= 15 is 0 Å². The summed E-state index contributed by atoms with van der Waals surface area (Å²) in [6.45, 7) is 3.43. The lowest BCUT2D eigenvalue weighted by molar-refractivity contribution is -0.384. The molecule has 130 valence electrons. The molecule has 25 heavy (non-hydrogen) atoms. The van der Waals surface area contributed by atoms with Gasteiger partial charge in [-0.15, -0.1) is 0 Å². The molecule has 0 aliphatic heterocycles. The van der Waals surface area contributed by atoms with Crippen LogP contribution < -0.4 is 10.5 Å². The average Bonchev–Trinajstić information content (AvgIpc) is 2.60. The standard InChI is InChI=1S/C17H17N3O5/c1-11-6-7-12(2)15(8-11)24-10-16(21)25-19-17(18)13-4-3-5-14(9-13)20(22)23/h3-9H,10H2,1-2H3,(H2,18,19). The van der Waals surface area contributed by atoms with Gasteiger partial charge in [-0.3, -0.25) is 10.1 Å². The number of nitro benzene ring substituents is 1. The molecule has 0 saturated carbocycles. The smallest absolute Gasteiger partial charge is 0.372 e. The van der Waals surface area contributed by atoms with Crippen LogP contribution in [0.4, 0.5) is 5.69 Å². The molecule has 2 aromatic rings. The van der Waals surface area contributed by atoms with Gasteiger partial charge in [0.2, 0.25) is 0 Å². The second-order valence-corrected chi connectivity index (χ2v) is 5.30. The molecule has 2 N–H and O–H groups in total. The Morgan fingerprint density at radius 3 is 2.72 bits per heavy atom. The average molecular weight is 343 g/mol. The first-order valence-electron chi connectivity index (χ1n) is 7.35. The van der Waals surface area contributed by atoms with Gasteiger partial charge < -0.3 is 15.3 Å². The summed E-state index contributed by atoms with van der Waals surface area (Å²) in [5, 5.41) is 14.2. The molecule has 0 spiro atoms. The molecule has 0 fully saturated rings. The molecular formula is C17H17N3O5. The van der Waals surface area contributed by atoms with Crippen LogP contribution >= 0.6 is 0 Å². The minimum absolute atomic E-state index is 0.139. The maximum atomic E-state index is 11.7. The van der Waals surface area contributed by atoms with Gasteiger partial charge in [0.25, 0.3) is 5.69 Å². The van der Waals surface area contributed by atoms with E-state index in [1.54, 1.807) is 0 Å². The largest absolute Gasteiger partial charge is 0.482 e. The summed E-state index contributed by atoms with van der Waals surface area (Å²) in [5.74, 6) is -0.314. The molecule has 0 amide bonds. The maximum Gasteiger partial charge on any atom is 0.372 e. The number of ether oxygens (including phenoxy) is 1. The van der Waals surface area contributed by atoms with Crippen LogP contribution in [0, 0.1) is 24.0 Å². The van der Waals surface area contributed by atoms with Gasteiger partial charge in [-0.25, -0.2) is 4.79 Å². The van der Waals surface area contributed by atoms with Crippen molar-refractivity contribution in [2.24, 2.45) is 10.9 Å². The van der Waals surface area contributed by atoms with E-state index in [-0.39, 0.29) is 23.7 Å². The lowest BCUT2D eigenvalue weighted by atomic mass is 10.1. The predicted octanol–water partition coefficient (Wildman–Crippen LogP) is 2.45. The predicted molar refractivity (Wildman–Crippen MR) is 91.3 cm³/mol. The number of amidine groups is 1. The van der Waals surface area contributed by atoms with Crippen molar-refractivity contribution in [3.05, 3.63) is 69.3 Å². The van der Waals surface area contributed by atoms with Crippen molar-refractivity contribution in [1.29, 1.82) is 0 Å². The Labute approximate surface area is 144 Å². The summed E-state index contributed by atoms with van der Waals surface area (Å²) in [5.41, 5.74) is 7.70. The molecule has 0 aromatic heterocycles. The quantitative estimate of drug-likeness (QED) is 0.283. The van der Waals surface area contributed by atoms with E-state index in [0.717, 1.165) is 11.1 Å². The second kappa shape index (κ2) is 7.91. The number of oxime groups is 1. The molecule has 0 aliphatic carbocycles. The topological polar surface area (TPSA) is 117 Å². The second-order valence-electron chi connectivity index (χ2n) is 5.30. The van der Waals surface area contributed by atoms with Crippen molar-refractivity contribution < 1.29 is 19.3 Å². The first kappa shape index (κ1) is 17.9.